The van der Waals surface area contributed by atoms with E-state index in [1.54, 1.807) is 44.3 Å². The van der Waals surface area contributed by atoms with Gasteiger partial charge in [0.15, 0.2) is 11.5 Å². The van der Waals surface area contributed by atoms with Gasteiger partial charge in [-0.05, 0) is 49.2 Å². The van der Waals surface area contributed by atoms with Crippen LogP contribution in [0, 0.1) is 17.2 Å². The number of amides is 2. The molecular weight excluding hydrogens is 727 g/mol. The second-order valence-corrected chi connectivity index (χ2v) is 14.2. The molecule has 0 spiro atoms. The van der Waals surface area contributed by atoms with Crippen molar-refractivity contribution in [3.05, 3.63) is 113 Å². The van der Waals surface area contributed by atoms with Gasteiger partial charge < -0.3 is 23.6 Å². The molecule has 3 aliphatic rings. The van der Waals surface area contributed by atoms with E-state index in [0.717, 1.165) is 15.5 Å². The van der Waals surface area contributed by atoms with Crippen molar-refractivity contribution < 1.29 is 33.0 Å². The van der Waals surface area contributed by atoms with E-state index in [0.29, 0.717) is 33.9 Å². The third-order valence-electron chi connectivity index (χ3n) is 11.1. The molecule has 15 nitrogen and oxygen atoms in total. The molecule has 5 aromatic rings. The van der Waals surface area contributed by atoms with Crippen molar-refractivity contribution in [3.63, 3.8) is 0 Å². The van der Waals surface area contributed by atoms with Crippen molar-refractivity contribution in [1.29, 1.82) is 0 Å². The van der Waals surface area contributed by atoms with Gasteiger partial charge in [0.05, 0.1) is 65.8 Å². The molecule has 5 heterocycles. The summed E-state index contributed by atoms with van der Waals surface area (Å²) in [5.74, 6) is -2.42. The van der Waals surface area contributed by atoms with Crippen LogP contribution >= 0.6 is 11.6 Å². The van der Waals surface area contributed by atoms with Crippen molar-refractivity contribution in [3.8, 4) is 11.5 Å². The van der Waals surface area contributed by atoms with Crippen molar-refractivity contribution in [2.24, 2.45) is 18.4 Å². The van der Waals surface area contributed by atoms with Crippen molar-refractivity contribution in [1.82, 2.24) is 23.5 Å². The highest BCUT2D eigenvalue weighted by molar-refractivity contribution is 6.31. The van der Waals surface area contributed by atoms with Gasteiger partial charge in [0.2, 0.25) is 11.8 Å². The Morgan fingerprint density at radius 2 is 1.78 bits per heavy atom. The topological polar surface area (TPSA) is 173 Å². The van der Waals surface area contributed by atoms with Crippen molar-refractivity contribution >= 4 is 40.1 Å². The molecule has 280 valence electrons. The fourth-order valence-electron chi connectivity index (χ4n) is 8.41. The first-order valence-electron chi connectivity index (χ1n) is 17.1. The van der Waals surface area contributed by atoms with E-state index < -0.39 is 64.5 Å². The summed E-state index contributed by atoms with van der Waals surface area (Å²) < 4.78 is 35.9. The van der Waals surface area contributed by atoms with Crippen LogP contribution in [-0.4, -0.2) is 54.6 Å². The fourth-order valence-corrected chi connectivity index (χ4v) is 8.59. The molecule has 0 bridgehead atoms. The van der Waals surface area contributed by atoms with E-state index in [-0.39, 0.29) is 48.1 Å². The maximum absolute atomic E-state index is 14.5. The van der Waals surface area contributed by atoms with E-state index in [1.165, 1.54) is 40.3 Å². The molecule has 1 saturated heterocycles. The zero-order valence-corrected chi connectivity index (χ0v) is 30.3. The number of carbonyl (C=O) groups excluding carboxylic acids is 2. The van der Waals surface area contributed by atoms with Crippen LogP contribution in [0.5, 0.6) is 11.5 Å². The molecular formula is C37H34ClFN6O9. The van der Waals surface area contributed by atoms with E-state index in [2.05, 4.69) is 4.98 Å². The number of carbonyl (C=O) groups is 2. The number of rotatable bonds is 8. The number of benzene rings is 2. The highest BCUT2D eigenvalue weighted by Crippen LogP contribution is 2.61. The van der Waals surface area contributed by atoms with Crippen LogP contribution in [-0.2, 0) is 42.8 Å². The smallest absolute Gasteiger partial charge is 0.347 e. The molecule has 1 N–H and O–H groups in total. The molecule has 2 aliphatic heterocycles. The number of halogens is 2. The monoisotopic (exact) mass is 760 g/mol. The molecule has 1 saturated carbocycles. The maximum atomic E-state index is 14.5. The maximum Gasteiger partial charge on any atom is 0.347 e. The molecule has 2 amide bonds. The Morgan fingerprint density at radius 3 is 2.46 bits per heavy atom. The van der Waals surface area contributed by atoms with E-state index in [4.69, 9.17) is 25.5 Å². The lowest BCUT2D eigenvalue weighted by atomic mass is 9.58. The van der Waals surface area contributed by atoms with Gasteiger partial charge >= 0.3 is 11.4 Å². The summed E-state index contributed by atoms with van der Waals surface area (Å²) in [5.41, 5.74) is -1.40. The average molecular weight is 761 g/mol. The zero-order valence-electron chi connectivity index (χ0n) is 29.5. The van der Waals surface area contributed by atoms with Crippen LogP contribution in [0.3, 0.4) is 0 Å². The molecule has 2 aromatic carbocycles. The molecule has 4 atom stereocenters. The van der Waals surface area contributed by atoms with Gasteiger partial charge in [0.25, 0.3) is 5.56 Å². The minimum atomic E-state index is -1.44. The largest absolute Gasteiger partial charge is 0.493 e. The lowest BCUT2D eigenvalue weighted by Gasteiger charge is -2.46. The molecule has 17 heteroatoms. The van der Waals surface area contributed by atoms with Gasteiger partial charge in [-0.25, -0.2) is 37.8 Å². The summed E-state index contributed by atoms with van der Waals surface area (Å²) >= 11 is 6.06. The van der Waals surface area contributed by atoms with E-state index in [9.17, 15) is 33.5 Å². The summed E-state index contributed by atoms with van der Waals surface area (Å²) in [5, 5.41) is 9.56. The number of imide groups is 1. The van der Waals surface area contributed by atoms with Crippen LogP contribution in [0.4, 0.5) is 10.1 Å². The van der Waals surface area contributed by atoms with E-state index in [1.807, 2.05) is 0 Å². The number of methoxy groups -OCH3 is 2. The lowest BCUT2D eigenvalue weighted by Crippen LogP contribution is -2.49. The standard InChI is InChI=1S/C37H34ClFN6O9/c1-37-21(32(47)44(34(37)49)18-5-7-23(39)22(38)13-18)14-26-20(31(37)28-8-6-19(17-46)54-28)9-12-43-35(50)42(36(51)45(26)43)11-10-24-33(48)41(2)27-16-30(53-4)29(52-3)15-25(27)40-24/h5-9,13,15-16,21,26,31,46H,10-12,14,17H2,1-4H3. The quantitative estimate of drug-likeness (QED) is 0.183. The second kappa shape index (κ2) is 12.7. The summed E-state index contributed by atoms with van der Waals surface area (Å²) in [6.07, 6.45) is 1.69. The molecule has 4 unspecified atom stereocenters. The highest BCUT2D eigenvalue weighted by Gasteiger charge is 2.66. The third-order valence-corrected chi connectivity index (χ3v) is 11.4. The van der Waals surface area contributed by atoms with Crippen LogP contribution in [0.1, 0.15) is 42.5 Å². The first-order valence-corrected chi connectivity index (χ1v) is 17.5. The zero-order chi connectivity index (χ0) is 38.4. The number of fused-ring (bicyclic) bond motifs is 5. The predicted molar refractivity (Wildman–Crippen MR) is 191 cm³/mol. The van der Waals surface area contributed by atoms with Crippen molar-refractivity contribution in [2.75, 3.05) is 19.1 Å². The van der Waals surface area contributed by atoms with E-state index >= 15 is 0 Å². The Morgan fingerprint density at radius 1 is 1.04 bits per heavy atom. The minimum absolute atomic E-state index is 0.0240. The number of aliphatic hydroxyl groups excluding tert-OH is 1. The van der Waals surface area contributed by atoms with Gasteiger partial charge in [-0.3, -0.25) is 14.4 Å². The van der Waals surface area contributed by atoms with Crippen molar-refractivity contribution in [2.45, 2.75) is 51.4 Å². The average Bonchev–Trinajstić information content (AvgIpc) is 3.79. The number of nitrogens with zero attached hydrogens (tertiary/aromatic N) is 6. The summed E-state index contributed by atoms with van der Waals surface area (Å²) in [7, 11) is 4.55. The third kappa shape index (κ3) is 4.96. The molecule has 2 fully saturated rings. The number of ether oxygens (including phenoxy) is 2. The number of aromatic nitrogens is 5. The molecule has 0 radical (unpaired) electrons. The summed E-state index contributed by atoms with van der Waals surface area (Å²) in [4.78, 5) is 75.8. The number of aryl methyl sites for hydroxylation is 2. The lowest BCUT2D eigenvalue weighted by molar-refractivity contribution is -0.129. The number of allylic oxidation sites excluding steroid dienone is 2. The number of hydrogen-bond acceptors (Lipinski definition) is 10. The van der Waals surface area contributed by atoms with Crippen LogP contribution in [0.2, 0.25) is 5.02 Å². The van der Waals surface area contributed by atoms with Gasteiger partial charge in [0, 0.05) is 32.1 Å². The Labute approximate surface area is 310 Å². The number of furan rings is 1. The van der Waals surface area contributed by atoms with Crippen LogP contribution < -0.4 is 31.3 Å². The minimum Gasteiger partial charge on any atom is -0.493 e. The summed E-state index contributed by atoms with van der Waals surface area (Å²) in [6.45, 7) is 1.03. The number of anilines is 1. The Bertz CT molecular complexity index is 2640. The van der Waals surface area contributed by atoms with Crippen LogP contribution in [0.25, 0.3) is 11.0 Å². The molecule has 8 rings (SSSR count). The molecule has 54 heavy (non-hydrogen) atoms. The molecule has 3 aromatic heterocycles. The fraction of sp³-hybridized carbons (Fsp3) is 0.351. The Hall–Kier alpha value is -5.74. The first kappa shape index (κ1) is 35.3. The van der Waals surface area contributed by atoms with Gasteiger partial charge in [-0.1, -0.05) is 17.7 Å². The van der Waals surface area contributed by atoms with Gasteiger partial charge in [-0.15, -0.1) is 0 Å². The van der Waals surface area contributed by atoms with Gasteiger partial charge in [0.1, 0.15) is 29.6 Å². The van der Waals surface area contributed by atoms with Gasteiger partial charge in [-0.2, -0.15) is 0 Å². The molecule has 1 aliphatic carbocycles. The summed E-state index contributed by atoms with van der Waals surface area (Å²) in [6, 6.07) is 9.18. The highest BCUT2D eigenvalue weighted by atomic mass is 35.5. The number of hydrogen-bond donors (Lipinski definition) is 1. The Kier molecular flexibility index (Phi) is 8.30. The Balaban J connectivity index is 1.19. The predicted octanol–water partition coefficient (Wildman–Crippen LogP) is 3.06. The SMILES string of the molecule is COc1cc2nc(CCn3c(=O)n4n(c3=O)C3CC5C(=O)N(c6ccc(F)c(Cl)c6)C(=O)C5(C)C(c5ccc(CO)o5)C3=CC4)c(=O)n(C)c2cc1OC. The normalized spacial score (nSPS) is 21.9. The number of aliphatic hydroxyl groups is 1. The second-order valence-electron chi connectivity index (χ2n) is 13.8. The van der Waals surface area contributed by atoms with Crippen LogP contribution in [0.15, 0.2) is 72.9 Å². The first-order chi connectivity index (χ1) is 25.8.